The second-order valence-electron chi connectivity index (χ2n) is 5.61. The number of hydrogen-bond acceptors (Lipinski definition) is 6. The van der Waals surface area contributed by atoms with Crippen LogP contribution in [0.15, 0.2) is 24.3 Å². The molecule has 0 heterocycles. The van der Waals surface area contributed by atoms with Crippen molar-refractivity contribution >= 4 is 27.8 Å². The summed E-state index contributed by atoms with van der Waals surface area (Å²) in [6, 6.07) is 6.54. The molecule has 0 fully saturated rings. The highest BCUT2D eigenvalue weighted by Gasteiger charge is 2.09. The highest BCUT2D eigenvalue weighted by Crippen LogP contribution is 2.11. The van der Waals surface area contributed by atoms with Gasteiger partial charge < -0.3 is 15.8 Å². The van der Waals surface area contributed by atoms with Crippen molar-refractivity contribution in [2.45, 2.75) is 32.6 Å². The van der Waals surface area contributed by atoms with Crippen LogP contribution in [0.2, 0.25) is 0 Å². The number of esters is 1. The summed E-state index contributed by atoms with van der Waals surface area (Å²) < 4.78 is 30.8. The molecule has 0 aliphatic heterocycles. The van der Waals surface area contributed by atoms with Crippen molar-refractivity contribution in [3.05, 3.63) is 35.4 Å². The zero-order valence-electron chi connectivity index (χ0n) is 15.5. The minimum absolute atomic E-state index is 0.0298. The molecule has 9 nitrogen and oxygen atoms in total. The van der Waals surface area contributed by atoms with E-state index in [4.69, 9.17) is 20.4 Å². The molecule has 0 saturated heterocycles. The summed E-state index contributed by atoms with van der Waals surface area (Å²) in [6.45, 7) is 2.73. The van der Waals surface area contributed by atoms with Crippen molar-refractivity contribution in [2.75, 3.05) is 19.4 Å². The number of ether oxygens (including phenoxy) is 1. The van der Waals surface area contributed by atoms with Crippen LogP contribution in [-0.4, -0.2) is 50.1 Å². The Bertz CT molecular complexity index is 709. The third kappa shape index (κ3) is 14.4. The lowest BCUT2D eigenvalue weighted by atomic mass is 10.0. The smallest absolute Gasteiger partial charge is 0.338 e. The largest absolute Gasteiger partial charge is 0.462 e. The van der Waals surface area contributed by atoms with Gasteiger partial charge in [-0.05, 0) is 31.9 Å². The number of carbonyl (C=O) groups is 2. The zero-order valence-corrected chi connectivity index (χ0v) is 16.3. The Balaban J connectivity index is 0.00000119. The lowest BCUT2D eigenvalue weighted by Crippen LogP contribution is -2.30. The Labute approximate surface area is 159 Å². The second kappa shape index (κ2) is 12.8. The maximum Gasteiger partial charge on any atom is 0.338 e. The summed E-state index contributed by atoms with van der Waals surface area (Å²) in [6.07, 6.45) is 3.74. The lowest BCUT2D eigenvalue weighted by Gasteiger charge is -2.05. The minimum Gasteiger partial charge on any atom is -0.462 e. The van der Waals surface area contributed by atoms with Crippen LogP contribution in [0, 0.1) is 5.41 Å². The van der Waals surface area contributed by atoms with Crippen LogP contribution < -0.4 is 11.1 Å². The molecule has 0 saturated carbocycles. The van der Waals surface area contributed by atoms with Gasteiger partial charge >= 0.3 is 5.97 Å². The summed E-state index contributed by atoms with van der Waals surface area (Å²) in [5.74, 6) is -0.341. The summed E-state index contributed by atoms with van der Waals surface area (Å²) in [5, 5.41) is 9.73. The molecule has 0 aliphatic carbocycles. The maximum absolute atomic E-state index is 12.0. The summed E-state index contributed by atoms with van der Waals surface area (Å²) in [7, 11) is -3.67. The zero-order chi connectivity index (χ0) is 20.9. The number of carbonyl (C=O) groups excluding carboxylic acids is 2. The quantitative estimate of drug-likeness (QED) is 0.121. The number of ketones is 1. The number of benzene rings is 1. The molecule has 0 amide bonds. The first-order chi connectivity index (χ1) is 12.5. The van der Waals surface area contributed by atoms with Crippen LogP contribution in [0.4, 0.5) is 0 Å². The molecule has 152 valence electrons. The van der Waals surface area contributed by atoms with E-state index >= 15 is 0 Å². The molecule has 0 atom stereocenters. The monoisotopic (exact) mass is 401 g/mol. The topological polar surface area (TPSA) is 160 Å². The lowest BCUT2D eigenvalue weighted by molar-refractivity contribution is 0.0526. The normalized spacial score (nSPS) is 10.3. The highest BCUT2D eigenvalue weighted by molar-refractivity contribution is 7.85. The van der Waals surface area contributed by atoms with Gasteiger partial charge in [0.15, 0.2) is 11.7 Å². The van der Waals surface area contributed by atoms with Gasteiger partial charge in [-0.25, -0.2) is 4.79 Å². The van der Waals surface area contributed by atoms with Crippen LogP contribution in [0.5, 0.6) is 0 Å². The Hall–Kier alpha value is -2.46. The molecule has 1 aromatic carbocycles. The molecule has 0 radical (unpaired) electrons. The van der Waals surface area contributed by atoms with E-state index in [1.54, 1.807) is 31.2 Å². The number of hydrogen-bond donors (Lipinski definition) is 4. The molecular weight excluding hydrogens is 374 g/mol. The van der Waals surface area contributed by atoms with Gasteiger partial charge in [0.25, 0.3) is 10.1 Å². The van der Waals surface area contributed by atoms with E-state index in [0.29, 0.717) is 37.0 Å². The van der Waals surface area contributed by atoms with E-state index in [-0.39, 0.29) is 17.7 Å². The van der Waals surface area contributed by atoms with Crippen molar-refractivity contribution in [1.29, 1.82) is 5.41 Å². The Morgan fingerprint density at radius 1 is 1.15 bits per heavy atom. The SMILES string of the molecule is CCOC(=O)c1ccc(C(=O)CCCCCNC(=N)N)cc1.CS(=O)(=O)O. The molecule has 0 aliphatic rings. The van der Waals surface area contributed by atoms with Crippen LogP contribution in [-0.2, 0) is 14.9 Å². The van der Waals surface area contributed by atoms with Crippen molar-refractivity contribution in [3.8, 4) is 0 Å². The average molecular weight is 401 g/mol. The third-order valence-corrected chi connectivity index (χ3v) is 3.11. The van der Waals surface area contributed by atoms with Gasteiger partial charge in [0, 0.05) is 18.5 Å². The molecule has 27 heavy (non-hydrogen) atoms. The van der Waals surface area contributed by atoms with Crippen LogP contribution in [0.1, 0.15) is 53.3 Å². The fraction of sp³-hybridized carbons (Fsp3) is 0.471. The molecule has 0 spiro atoms. The van der Waals surface area contributed by atoms with Crippen molar-refractivity contribution in [2.24, 2.45) is 5.73 Å². The number of Topliss-reactive ketones (excluding diaryl/α,β-unsaturated/α-hetero) is 1. The summed E-state index contributed by atoms with van der Waals surface area (Å²) >= 11 is 0. The van der Waals surface area contributed by atoms with Gasteiger partial charge in [0.05, 0.1) is 18.4 Å². The van der Waals surface area contributed by atoms with E-state index in [0.717, 1.165) is 19.3 Å². The van der Waals surface area contributed by atoms with Crippen molar-refractivity contribution in [3.63, 3.8) is 0 Å². The van der Waals surface area contributed by atoms with Gasteiger partial charge in [-0.1, -0.05) is 18.6 Å². The van der Waals surface area contributed by atoms with Crippen molar-refractivity contribution in [1.82, 2.24) is 5.32 Å². The number of nitrogens with one attached hydrogen (secondary N) is 2. The third-order valence-electron chi connectivity index (χ3n) is 3.11. The highest BCUT2D eigenvalue weighted by atomic mass is 32.2. The molecule has 0 aromatic heterocycles. The number of guanidine groups is 1. The van der Waals surface area contributed by atoms with E-state index < -0.39 is 10.1 Å². The Morgan fingerprint density at radius 2 is 1.67 bits per heavy atom. The molecular formula is C17H27N3O6S. The van der Waals surface area contributed by atoms with Crippen LogP contribution in [0.3, 0.4) is 0 Å². The molecule has 5 N–H and O–H groups in total. The van der Waals surface area contributed by atoms with E-state index in [1.165, 1.54) is 0 Å². The summed E-state index contributed by atoms with van der Waals surface area (Å²) in [5.41, 5.74) is 6.23. The van der Waals surface area contributed by atoms with E-state index in [9.17, 15) is 18.0 Å². The molecule has 0 unspecified atom stereocenters. The number of rotatable bonds is 9. The van der Waals surface area contributed by atoms with Gasteiger partial charge in [-0.3, -0.25) is 14.8 Å². The van der Waals surface area contributed by atoms with Gasteiger partial charge in [-0.15, -0.1) is 0 Å². The van der Waals surface area contributed by atoms with Gasteiger partial charge in [0.2, 0.25) is 0 Å². The molecule has 1 rings (SSSR count). The molecule has 10 heteroatoms. The first kappa shape index (κ1) is 24.5. The fourth-order valence-corrected chi connectivity index (χ4v) is 1.96. The van der Waals surface area contributed by atoms with E-state index in [1.807, 2.05) is 0 Å². The minimum atomic E-state index is -3.67. The maximum atomic E-state index is 12.0. The molecule has 0 bridgehead atoms. The van der Waals surface area contributed by atoms with E-state index in [2.05, 4.69) is 5.32 Å². The number of nitrogens with two attached hydrogens (primary N) is 1. The number of unbranched alkanes of at least 4 members (excludes halogenated alkanes) is 2. The van der Waals surface area contributed by atoms with Gasteiger partial charge in [0.1, 0.15) is 0 Å². The Morgan fingerprint density at radius 3 is 2.15 bits per heavy atom. The fourth-order valence-electron chi connectivity index (χ4n) is 1.96. The Kier molecular flexibility index (Phi) is 11.7. The summed E-state index contributed by atoms with van der Waals surface area (Å²) in [4.78, 5) is 23.5. The van der Waals surface area contributed by atoms with Crippen LogP contribution in [0.25, 0.3) is 0 Å². The average Bonchev–Trinajstić information content (AvgIpc) is 2.56. The standard InChI is InChI=1S/C16H23N3O3.CH4O3S/c1-2-22-15(21)13-9-7-12(8-10-13)14(20)6-4-3-5-11-19-16(17)18;1-5(2,3)4/h7-10H,2-6,11H2,1H3,(H4,17,18,19);1H3,(H,2,3,4). The predicted octanol–water partition coefficient (Wildman–Crippen LogP) is 1.59. The second-order valence-corrected chi connectivity index (χ2v) is 7.07. The first-order valence-corrected chi connectivity index (χ1v) is 10.2. The van der Waals surface area contributed by atoms with Crippen LogP contribution >= 0.6 is 0 Å². The molecule has 1 aromatic rings. The predicted molar refractivity (Wildman–Crippen MR) is 103 cm³/mol. The first-order valence-electron chi connectivity index (χ1n) is 8.35. The van der Waals surface area contributed by atoms with Gasteiger partial charge in [-0.2, -0.15) is 8.42 Å². The van der Waals surface area contributed by atoms with Crippen molar-refractivity contribution < 1.29 is 27.3 Å².